The van der Waals surface area contributed by atoms with Crippen LogP contribution in [0.2, 0.25) is 0 Å². The van der Waals surface area contributed by atoms with Crippen LogP contribution in [0.15, 0.2) is 58.8 Å². The summed E-state index contributed by atoms with van der Waals surface area (Å²) in [6.07, 6.45) is 0. The molecule has 5 nitrogen and oxygen atoms in total. The summed E-state index contributed by atoms with van der Waals surface area (Å²) in [6, 6.07) is 15.7. The summed E-state index contributed by atoms with van der Waals surface area (Å²) in [5.41, 5.74) is 2.85. The Bertz CT molecular complexity index is 971. The Labute approximate surface area is 186 Å². The Morgan fingerprint density at radius 1 is 1.23 bits per heavy atom. The summed E-state index contributed by atoms with van der Waals surface area (Å²) < 4.78 is 5.33. The monoisotopic (exact) mass is 441 g/mol. The second kappa shape index (κ2) is 10.6. The van der Waals surface area contributed by atoms with Crippen molar-refractivity contribution < 1.29 is 9.53 Å². The molecule has 0 aliphatic carbocycles. The Kier molecular flexibility index (Phi) is 7.90. The summed E-state index contributed by atoms with van der Waals surface area (Å²) >= 11 is 3.39. The van der Waals surface area contributed by atoms with Crippen LogP contribution in [0.25, 0.3) is 0 Å². The van der Waals surface area contributed by atoms with Crippen LogP contribution in [-0.2, 0) is 5.75 Å². The number of aryl methyl sites for hydroxylation is 1. The van der Waals surface area contributed by atoms with E-state index >= 15 is 0 Å². The van der Waals surface area contributed by atoms with Gasteiger partial charge < -0.3 is 15.0 Å². The van der Waals surface area contributed by atoms with Crippen LogP contribution in [0.3, 0.4) is 0 Å². The highest BCUT2D eigenvalue weighted by atomic mass is 32.2. The lowest BCUT2D eigenvalue weighted by atomic mass is 10.1. The number of nitrogens with zero attached hydrogens (tertiary/aromatic N) is 2. The van der Waals surface area contributed by atoms with Gasteiger partial charge in [0, 0.05) is 28.1 Å². The zero-order valence-electron chi connectivity index (χ0n) is 17.7. The molecule has 1 heterocycles. The molecule has 0 saturated heterocycles. The Hall–Kier alpha value is -2.35. The predicted octanol–water partition coefficient (Wildman–Crippen LogP) is 4.79. The number of hydrogen-bond donors (Lipinski definition) is 1. The zero-order valence-corrected chi connectivity index (χ0v) is 19.3. The van der Waals surface area contributed by atoms with Crippen molar-refractivity contribution in [3.05, 3.63) is 75.7 Å². The number of hydrogen-bond acceptors (Lipinski definition) is 6. The molecule has 1 amide bonds. The lowest BCUT2D eigenvalue weighted by Crippen LogP contribution is -2.34. The van der Waals surface area contributed by atoms with Gasteiger partial charge in [0.05, 0.1) is 23.9 Å². The maximum absolute atomic E-state index is 12.6. The summed E-state index contributed by atoms with van der Waals surface area (Å²) in [6.45, 7) is 2.53. The molecule has 3 rings (SSSR count). The third-order valence-corrected chi connectivity index (χ3v) is 6.60. The molecular formula is C23H27N3O2S2. The Morgan fingerprint density at radius 2 is 2.00 bits per heavy atom. The van der Waals surface area contributed by atoms with Gasteiger partial charge >= 0.3 is 0 Å². The van der Waals surface area contributed by atoms with Crippen molar-refractivity contribution in [3.8, 4) is 5.75 Å². The number of carbonyl (C=O) groups is 1. The van der Waals surface area contributed by atoms with E-state index in [1.807, 2.05) is 63.5 Å². The smallest absolute Gasteiger partial charge is 0.251 e. The molecule has 30 heavy (non-hydrogen) atoms. The number of amides is 1. The first kappa shape index (κ1) is 22.3. The number of nitrogens with one attached hydrogen (secondary N) is 1. The summed E-state index contributed by atoms with van der Waals surface area (Å²) in [4.78, 5) is 20.4. The standard InChI is InChI=1S/C23H27N3O2S2/c1-16-25-19(14-29-16)15-30-21-10-8-17(9-11-21)23(27)24-13-22(26(2)3)18-6-5-7-20(12-18)28-4/h5-12,14,22H,13,15H2,1-4H3,(H,24,27). The minimum Gasteiger partial charge on any atom is -0.497 e. The van der Waals surface area contributed by atoms with Gasteiger partial charge in [-0.05, 0) is 63.0 Å². The van der Waals surface area contributed by atoms with Crippen molar-refractivity contribution >= 4 is 29.0 Å². The van der Waals surface area contributed by atoms with E-state index in [-0.39, 0.29) is 11.9 Å². The van der Waals surface area contributed by atoms with Crippen LogP contribution in [-0.4, -0.2) is 43.5 Å². The average Bonchev–Trinajstić information content (AvgIpc) is 3.17. The van der Waals surface area contributed by atoms with Gasteiger partial charge in [-0.15, -0.1) is 23.1 Å². The lowest BCUT2D eigenvalue weighted by Gasteiger charge is -2.25. The second-order valence-electron chi connectivity index (χ2n) is 7.14. The van der Waals surface area contributed by atoms with Gasteiger partial charge in [-0.3, -0.25) is 4.79 Å². The molecule has 0 bridgehead atoms. The van der Waals surface area contributed by atoms with E-state index in [1.54, 1.807) is 30.2 Å². The van der Waals surface area contributed by atoms with E-state index < -0.39 is 0 Å². The molecule has 2 aromatic carbocycles. The van der Waals surface area contributed by atoms with E-state index in [2.05, 4.69) is 26.6 Å². The van der Waals surface area contributed by atoms with Crippen LogP contribution < -0.4 is 10.1 Å². The van der Waals surface area contributed by atoms with Crippen molar-refractivity contribution in [1.29, 1.82) is 0 Å². The number of rotatable bonds is 9. The molecule has 0 radical (unpaired) electrons. The quantitative estimate of drug-likeness (QED) is 0.484. The Balaban J connectivity index is 1.57. The number of benzene rings is 2. The van der Waals surface area contributed by atoms with Gasteiger partial charge in [0.15, 0.2) is 0 Å². The molecular weight excluding hydrogens is 414 g/mol. The topological polar surface area (TPSA) is 54.5 Å². The van der Waals surface area contributed by atoms with Gasteiger partial charge in [0.25, 0.3) is 5.91 Å². The number of ether oxygens (including phenoxy) is 1. The highest BCUT2D eigenvalue weighted by Crippen LogP contribution is 2.24. The minimum absolute atomic E-state index is 0.0560. The fourth-order valence-corrected chi connectivity index (χ4v) is 4.58. The van der Waals surface area contributed by atoms with Gasteiger partial charge in [0.1, 0.15) is 5.75 Å². The molecule has 158 valence electrons. The SMILES string of the molecule is COc1cccc(C(CNC(=O)c2ccc(SCc3csc(C)n3)cc2)N(C)C)c1. The predicted molar refractivity (Wildman–Crippen MR) is 125 cm³/mol. The largest absolute Gasteiger partial charge is 0.497 e. The molecule has 1 unspecified atom stereocenters. The van der Waals surface area contributed by atoms with E-state index in [9.17, 15) is 4.79 Å². The number of carbonyl (C=O) groups excluding carboxylic acids is 1. The molecule has 1 aromatic heterocycles. The molecule has 0 saturated carbocycles. The van der Waals surface area contributed by atoms with Gasteiger partial charge in [-0.25, -0.2) is 4.98 Å². The van der Waals surface area contributed by atoms with Crippen molar-refractivity contribution in [2.75, 3.05) is 27.7 Å². The molecule has 3 aromatic rings. The molecule has 0 aliphatic rings. The van der Waals surface area contributed by atoms with Crippen LogP contribution in [0.4, 0.5) is 0 Å². The first-order chi connectivity index (χ1) is 14.5. The van der Waals surface area contributed by atoms with Crippen LogP contribution >= 0.6 is 23.1 Å². The molecule has 0 spiro atoms. The highest BCUT2D eigenvalue weighted by Gasteiger charge is 2.16. The average molecular weight is 442 g/mol. The van der Waals surface area contributed by atoms with Crippen molar-refractivity contribution in [2.24, 2.45) is 0 Å². The summed E-state index contributed by atoms with van der Waals surface area (Å²) in [5.74, 6) is 1.57. The van der Waals surface area contributed by atoms with E-state index in [0.29, 0.717) is 12.1 Å². The second-order valence-corrected chi connectivity index (χ2v) is 9.25. The zero-order chi connectivity index (χ0) is 21.5. The number of methoxy groups -OCH3 is 1. The van der Waals surface area contributed by atoms with Crippen molar-refractivity contribution in [3.63, 3.8) is 0 Å². The third-order valence-electron chi connectivity index (χ3n) is 4.73. The van der Waals surface area contributed by atoms with Crippen LogP contribution in [0.1, 0.15) is 32.7 Å². The van der Waals surface area contributed by atoms with E-state index in [0.717, 1.165) is 32.7 Å². The molecule has 1 atom stereocenters. The van der Waals surface area contributed by atoms with Crippen molar-refractivity contribution in [2.45, 2.75) is 23.6 Å². The maximum Gasteiger partial charge on any atom is 0.251 e. The lowest BCUT2D eigenvalue weighted by molar-refractivity contribution is 0.0942. The molecule has 0 aliphatic heterocycles. The number of aromatic nitrogens is 1. The highest BCUT2D eigenvalue weighted by molar-refractivity contribution is 7.98. The maximum atomic E-state index is 12.6. The fourth-order valence-electron chi connectivity index (χ4n) is 3.07. The normalized spacial score (nSPS) is 12.0. The fraction of sp³-hybridized carbons (Fsp3) is 0.304. The van der Waals surface area contributed by atoms with Gasteiger partial charge in [-0.2, -0.15) is 0 Å². The summed E-state index contributed by atoms with van der Waals surface area (Å²) in [5, 5.41) is 6.24. The minimum atomic E-state index is -0.0728. The van der Waals surface area contributed by atoms with Crippen molar-refractivity contribution in [1.82, 2.24) is 15.2 Å². The first-order valence-corrected chi connectivity index (χ1v) is 11.5. The van der Waals surface area contributed by atoms with Crippen LogP contribution in [0.5, 0.6) is 5.75 Å². The van der Waals surface area contributed by atoms with E-state index in [4.69, 9.17) is 4.74 Å². The molecule has 0 fully saturated rings. The summed E-state index contributed by atoms with van der Waals surface area (Å²) in [7, 11) is 5.67. The molecule has 1 N–H and O–H groups in total. The van der Waals surface area contributed by atoms with Crippen LogP contribution in [0, 0.1) is 6.92 Å². The van der Waals surface area contributed by atoms with Gasteiger partial charge in [-0.1, -0.05) is 12.1 Å². The van der Waals surface area contributed by atoms with Gasteiger partial charge in [0.2, 0.25) is 0 Å². The Morgan fingerprint density at radius 3 is 2.63 bits per heavy atom. The molecule has 7 heteroatoms. The third kappa shape index (κ3) is 6.08. The number of likely N-dealkylation sites (N-methyl/N-ethyl adjacent to an activating group) is 1. The first-order valence-electron chi connectivity index (χ1n) is 9.68. The number of thioether (sulfide) groups is 1. The van der Waals surface area contributed by atoms with E-state index in [1.165, 1.54) is 0 Å². The number of thiazole rings is 1.